The molecule has 0 spiro atoms. The van der Waals surface area contributed by atoms with E-state index in [0.29, 0.717) is 0 Å². The van der Waals surface area contributed by atoms with Crippen molar-refractivity contribution >= 4 is 61.0 Å². The Morgan fingerprint density at radius 3 is 2.13 bits per heavy atom. The number of β-lactam (4-membered cyclic amide) rings is 1. The van der Waals surface area contributed by atoms with Crippen LogP contribution in [0, 0.1) is 0 Å². The van der Waals surface area contributed by atoms with Crippen LogP contribution in [0.1, 0.15) is 25.5 Å². The highest BCUT2D eigenvalue weighted by atomic mass is 32.2. The highest BCUT2D eigenvalue weighted by molar-refractivity contribution is 8.00. The topological polar surface area (TPSA) is 235 Å². The van der Waals surface area contributed by atoms with Crippen LogP contribution in [0.5, 0.6) is 5.75 Å². The van der Waals surface area contributed by atoms with Crippen molar-refractivity contribution in [2.75, 3.05) is 33.8 Å². The number of nitrogens with two attached hydrogens (primary N) is 1. The average molecular weight is 594 g/mol. The minimum absolute atomic E-state index is 0.0874. The number of carbonyl (C=O) groups is 3. The monoisotopic (exact) mass is 593 g/mol. The first-order chi connectivity index (χ1) is 17.7. The van der Waals surface area contributed by atoms with E-state index >= 15 is 0 Å². The van der Waals surface area contributed by atoms with E-state index in [9.17, 15) is 41.4 Å². The minimum atomic E-state index is -3.92. The van der Waals surface area contributed by atoms with Crippen molar-refractivity contribution in [2.45, 2.75) is 31.3 Å². The highest BCUT2D eigenvalue weighted by Crippen LogP contribution is 2.41. The lowest BCUT2D eigenvalue weighted by atomic mass is 10.0. The first-order valence-electron chi connectivity index (χ1n) is 11.0. The molecule has 0 bridgehead atoms. The molecule has 1 saturated heterocycles. The number of hydrogen-bond donors (Lipinski definition) is 6. The van der Waals surface area contributed by atoms with E-state index in [4.69, 9.17) is 10.5 Å². The summed E-state index contributed by atoms with van der Waals surface area (Å²) in [6.45, 7) is 2.68. The minimum Gasteiger partial charge on any atom is -0.504 e. The molecule has 0 aliphatic carbocycles. The van der Waals surface area contributed by atoms with Crippen molar-refractivity contribution in [2.24, 2.45) is 5.73 Å². The Hall–Kier alpha value is -3.22. The summed E-state index contributed by atoms with van der Waals surface area (Å²) in [4.78, 5) is 38.4. The maximum absolute atomic E-state index is 13.0. The van der Waals surface area contributed by atoms with E-state index < -0.39 is 72.4 Å². The van der Waals surface area contributed by atoms with Crippen LogP contribution in [0.3, 0.4) is 0 Å². The Morgan fingerprint density at radius 1 is 1.16 bits per heavy atom. The zero-order valence-electron chi connectivity index (χ0n) is 20.4. The van der Waals surface area contributed by atoms with Crippen molar-refractivity contribution in [1.82, 2.24) is 10.2 Å². The number of carbonyl (C=O) groups excluding carboxylic acids is 2. The Labute approximate surface area is 222 Å². The third-order valence-electron chi connectivity index (χ3n) is 5.74. The zero-order valence-corrected chi connectivity index (χ0v) is 22.9. The Balaban J connectivity index is 1.89. The molecule has 1 fully saturated rings. The molecule has 1 unspecified atom stereocenters. The molecule has 7 N–H and O–H groups in total. The van der Waals surface area contributed by atoms with Crippen molar-refractivity contribution in [3.8, 4) is 5.75 Å². The molecule has 0 aromatic heterocycles. The number of nitrogens with zero attached hydrogens (tertiary/aromatic N) is 1. The summed E-state index contributed by atoms with van der Waals surface area (Å²) in [5.74, 6) is -4.18. The Morgan fingerprint density at radius 2 is 1.68 bits per heavy atom. The second-order valence-corrected chi connectivity index (χ2v) is 13.3. The molecule has 18 heteroatoms. The third-order valence-corrected chi connectivity index (χ3v) is 9.58. The lowest BCUT2D eigenvalue weighted by molar-refractivity contribution is -0.151. The standard InChI is InChI=1S/C20H27N5O10S3/c1-4-37(31,32)23-10-6-9(7-11(16(10)26)24-38(33,34)5-2)13(21)17(27)22-14-18(28)25-15(20(29)30)12(35-3)8-36-19(14)25/h6-7,13-14,19,23-24,26H,4-5,8,21H2,1-3H3,(H,22,27)(H,29,30)/t13?,14-,19-/m1/s1. The van der Waals surface area contributed by atoms with Gasteiger partial charge in [-0.2, -0.15) is 0 Å². The molecule has 38 heavy (non-hydrogen) atoms. The highest BCUT2D eigenvalue weighted by Gasteiger charge is 2.55. The van der Waals surface area contributed by atoms with Crippen LogP contribution in [-0.4, -0.2) is 85.5 Å². The van der Waals surface area contributed by atoms with Crippen LogP contribution in [0.4, 0.5) is 11.4 Å². The summed E-state index contributed by atoms with van der Waals surface area (Å²) in [5, 5.41) is 21.7. The number of rotatable bonds is 11. The number of methoxy groups -OCH3 is 1. The first-order valence-corrected chi connectivity index (χ1v) is 15.4. The number of ether oxygens (including phenoxy) is 1. The molecule has 2 aliphatic rings. The van der Waals surface area contributed by atoms with Crippen molar-refractivity contribution in [1.29, 1.82) is 0 Å². The molecular weight excluding hydrogens is 566 g/mol. The van der Waals surface area contributed by atoms with E-state index in [0.717, 1.165) is 17.0 Å². The number of anilines is 2. The molecular formula is C20H27N5O10S3. The summed E-state index contributed by atoms with van der Waals surface area (Å²) in [7, 11) is -6.56. The van der Waals surface area contributed by atoms with Crippen LogP contribution in [0.2, 0.25) is 0 Å². The van der Waals surface area contributed by atoms with Crippen LogP contribution in [0.25, 0.3) is 0 Å². The smallest absolute Gasteiger partial charge is 0.356 e. The van der Waals surface area contributed by atoms with Crippen LogP contribution >= 0.6 is 11.8 Å². The van der Waals surface area contributed by atoms with E-state index in [2.05, 4.69) is 14.8 Å². The summed E-state index contributed by atoms with van der Waals surface area (Å²) in [6.07, 6.45) is 0. The number of carboxylic acid groups (broad SMARTS) is 1. The number of carboxylic acids is 1. The SMILES string of the molecule is CCS(=O)(=O)Nc1cc(C(N)C(=O)N[C@@H]2C(=O)N3C(C(=O)O)=C(OC)CS[C@H]23)cc(NS(=O)(=O)CC)c1O. The average Bonchev–Trinajstić information content (AvgIpc) is 2.87. The number of thioether (sulfide) groups is 1. The van der Waals surface area contributed by atoms with Crippen LogP contribution in [0.15, 0.2) is 23.6 Å². The maximum Gasteiger partial charge on any atom is 0.356 e. The molecule has 3 rings (SSSR count). The largest absolute Gasteiger partial charge is 0.504 e. The predicted molar refractivity (Wildman–Crippen MR) is 138 cm³/mol. The molecule has 0 radical (unpaired) electrons. The molecule has 2 amide bonds. The lowest BCUT2D eigenvalue weighted by Crippen LogP contribution is -2.71. The number of aromatic hydroxyl groups is 1. The second-order valence-electron chi connectivity index (χ2n) is 8.13. The van der Waals surface area contributed by atoms with Crippen molar-refractivity contribution in [3.63, 3.8) is 0 Å². The lowest BCUT2D eigenvalue weighted by Gasteiger charge is -2.49. The number of fused-ring (bicyclic) bond motifs is 1. The molecule has 1 aromatic rings. The number of hydrogen-bond acceptors (Lipinski definition) is 11. The number of aliphatic carboxylic acids is 1. The summed E-state index contributed by atoms with van der Waals surface area (Å²) in [6, 6.07) is -0.516. The van der Waals surface area contributed by atoms with E-state index in [-0.39, 0.29) is 34.3 Å². The Bertz CT molecular complexity index is 1350. The third kappa shape index (κ3) is 5.77. The molecule has 1 aromatic carbocycles. The molecule has 2 aliphatic heterocycles. The van der Waals surface area contributed by atoms with Gasteiger partial charge in [0.2, 0.25) is 26.0 Å². The molecule has 2 heterocycles. The Kier molecular flexibility index (Phi) is 8.39. The van der Waals surface area contributed by atoms with Crippen molar-refractivity contribution in [3.05, 3.63) is 29.2 Å². The number of sulfonamides is 2. The molecule has 3 atom stereocenters. The van der Waals surface area contributed by atoms with Gasteiger partial charge in [-0.3, -0.25) is 23.9 Å². The van der Waals surface area contributed by atoms with Gasteiger partial charge in [-0.25, -0.2) is 21.6 Å². The zero-order chi connectivity index (χ0) is 28.6. The van der Waals surface area contributed by atoms with Gasteiger partial charge in [-0.05, 0) is 31.5 Å². The number of phenols is 1. The summed E-state index contributed by atoms with van der Waals surface area (Å²) < 4.78 is 57.7. The van der Waals surface area contributed by atoms with E-state index in [1.54, 1.807) is 0 Å². The van der Waals surface area contributed by atoms with E-state index in [1.165, 1.54) is 32.7 Å². The molecule has 0 saturated carbocycles. The number of nitrogens with one attached hydrogen (secondary N) is 3. The van der Waals surface area contributed by atoms with Gasteiger partial charge in [0.15, 0.2) is 11.4 Å². The van der Waals surface area contributed by atoms with Gasteiger partial charge in [0.25, 0.3) is 5.91 Å². The van der Waals surface area contributed by atoms with Gasteiger partial charge in [0.05, 0.1) is 35.7 Å². The fraction of sp³-hybridized carbons (Fsp3) is 0.450. The normalized spacial score (nSPS) is 20.2. The fourth-order valence-electron chi connectivity index (χ4n) is 3.61. The van der Waals surface area contributed by atoms with Gasteiger partial charge in [0.1, 0.15) is 23.2 Å². The number of benzene rings is 1. The van der Waals surface area contributed by atoms with E-state index in [1.807, 2.05) is 0 Å². The summed E-state index contributed by atoms with van der Waals surface area (Å²) in [5.41, 5.74) is 4.83. The van der Waals surface area contributed by atoms with Crippen LogP contribution < -0.4 is 20.5 Å². The number of phenolic OH excluding ortho intramolecular Hbond substituents is 1. The van der Waals surface area contributed by atoms with Gasteiger partial charge < -0.3 is 26.0 Å². The fourth-order valence-corrected chi connectivity index (χ4v) is 6.19. The maximum atomic E-state index is 13.0. The van der Waals surface area contributed by atoms with Gasteiger partial charge in [0, 0.05) is 0 Å². The van der Waals surface area contributed by atoms with Gasteiger partial charge in [-0.15, -0.1) is 11.8 Å². The summed E-state index contributed by atoms with van der Waals surface area (Å²) >= 11 is 1.17. The molecule has 210 valence electrons. The number of amides is 2. The van der Waals surface area contributed by atoms with Crippen LogP contribution in [-0.2, 0) is 39.2 Å². The van der Waals surface area contributed by atoms with Gasteiger partial charge in [-0.1, -0.05) is 0 Å². The predicted octanol–water partition coefficient (Wildman–Crippen LogP) is -0.742. The van der Waals surface area contributed by atoms with Crippen molar-refractivity contribution < 1.29 is 46.2 Å². The quantitative estimate of drug-likeness (QED) is 0.137. The van der Waals surface area contributed by atoms with Gasteiger partial charge >= 0.3 is 5.97 Å². The first kappa shape index (κ1) is 29.3. The second kappa shape index (κ2) is 10.9. The molecule has 15 nitrogen and oxygen atoms in total.